The number of aromatic nitrogens is 5. The number of anilines is 1. The minimum absolute atomic E-state index is 0.203. The Morgan fingerprint density at radius 2 is 2.14 bits per heavy atom. The smallest absolute Gasteiger partial charge is 0.227 e. The lowest BCUT2D eigenvalue weighted by atomic mass is 10.2. The molecule has 0 aliphatic carbocycles. The Kier molecular flexibility index (Phi) is 3.68. The van der Waals surface area contributed by atoms with E-state index < -0.39 is 0 Å². The maximum Gasteiger partial charge on any atom is 0.227 e. The van der Waals surface area contributed by atoms with Crippen LogP contribution in [0, 0.1) is 0 Å². The zero-order valence-electron chi connectivity index (χ0n) is 11.0. The molecule has 0 radical (unpaired) electrons. The zero-order valence-corrected chi connectivity index (χ0v) is 11.0. The van der Waals surface area contributed by atoms with Crippen LogP contribution in [0.15, 0.2) is 41.2 Å². The van der Waals surface area contributed by atoms with Gasteiger partial charge in [-0.1, -0.05) is 35.5 Å². The van der Waals surface area contributed by atoms with Crippen molar-refractivity contribution in [3.63, 3.8) is 0 Å². The van der Waals surface area contributed by atoms with Crippen molar-refractivity contribution in [2.24, 2.45) is 0 Å². The number of carbonyl (C=O) groups is 1. The third-order valence-electron chi connectivity index (χ3n) is 2.74. The van der Waals surface area contributed by atoms with Crippen molar-refractivity contribution in [3.05, 3.63) is 42.5 Å². The first-order valence-electron chi connectivity index (χ1n) is 6.34. The average molecular weight is 284 g/mol. The van der Waals surface area contributed by atoms with E-state index in [1.165, 1.54) is 6.33 Å². The van der Waals surface area contributed by atoms with Crippen LogP contribution in [0.5, 0.6) is 0 Å². The molecule has 1 amide bonds. The second kappa shape index (κ2) is 5.95. The number of aryl methyl sites for hydroxylation is 1. The third kappa shape index (κ3) is 3.30. The van der Waals surface area contributed by atoms with Crippen LogP contribution in [-0.4, -0.2) is 31.2 Å². The number of carbonyl (C=O) groups excluding carboxylic acids is 1. The number of nitrogens with zero attached hydrogens (tertiary/aromatic N) is 4. The number of H-pyrrole nitrogens is 1. The highest BCUT2D eigenvalue weighted by Gasteiger charge is 2.11. The van der Waals surface area contributed by atoms with Gasteiger partial charge in [-0.15, -0.1) is 0 Å². The van der Waals surface area contributed by atoms with Gasteiger partial charge in [-0.3, -0.25) is 10.1 Å². The molecular formula is C13H12N6O2. The predicted octanol–water partition coefficient (Wildman–Crippen LogP) is 1.43. The lowest BCUT2D eigenvalue weighted by Gasteiger charge is -1.98. The molecule has 1 aromatic carbocycles. The van der Waals surface area contributed by atoms with Gasteiger partial charge in [-0.2, -0.15) is 15.1 Å². The number of amides is 1. The van der Waals surface area contributed by atoms with Crippen molar-refractivity contribution in [3.8, 4) is 11.4 Å². The summed E-state index contributed by atoms with van der Waals surface area (Å²) in [6.07, 6.45) is 1.90. The van der Waals surface area contributed by atoms with Crippen LogP contribution in [-0.2, 0) is 11.2 Å². The van der Waals surface area contributed by atoms with Gasteiger partial charge in [-0.25, -0.2) is 5.10 Å². The fourth-order valence-corrected chi connectivity index (χ4v) is 1.74. The van der Waals surface area contributed by atoms with Gasteiger partial charge < -0.3 is 4.52 Å². The normalized spacial score (nSPS) is 10.5. The number of nitrogens with one attached hydrogen (secondary N) is 2. The van der Waals surface area contributed by atoms with Crippen molar-refractivity contribution in [1.82, 2.24) is 25.3 Å². The predicted molar refractivity (Wildman–Crippen MR) is 73.1 cm³/mol. The largest absolute Gasteiger partial charge is 0.339 e. The van der Waals surface area contributed by atoms with Crippen molar-refractivity contribution in [2.45, 2.75) is 12.8 Å². The fraction of sp³-hybridized carbons (Fsp3) is 0.154. The van der Waals surface area contributed by atoms with Crippen molar-refractivity contribution < 1.29 is 9.32 Å². The quantitative estimate of drug-likeness (QED) is 0.733. The molecule has 0 aliphatic heterocycles. The van der Waals surface area contributed by atoms with Gasteiger partial charge in [0, 0.05) is 18.4 Å². The van der Waals surface area contributed by atoms with E-state index in [9.17, 15) is 4.79 Å². The molecular weight excluding hydrogens is 272 g/mol. The second-order valence-electron chi connectivity index (χ2n) is 4.26. The standard InChI is InChI=1S/C13H12N6O2/c20-10(16-13-14-8-15-18-13)6-7-11-17-12(19-21-11)9-4-2-1-3-5-9/h1-5,8H,6-7H2,(H2,14,15,16,18,20). The Hall–Kier alpha value is -3.03. The first kappa shape index (κ1) is 13.0. The van der Waals surface area contributed by atoms with Gasteiger partial charge in [0.25, 0.3) is 0 Å². The van der Waals surface area contributed by atoms with Gasteiger partial charge in [0.2, 0.25) is 23.6 Å². The van der Waals surface area contributed by atoms with Crippen molar-refractivity contribution in [1.29, 1.82) is 0 Å². The summed E-state index contributed by atoms with van der Waals surface area (Å²) in [6, 6.07) is 9.50. The Balaban J connectivity index is 1.56. The Morgan fingerprint density at radius 1 is 1.29 bits per heavy atom. The maximum atomic E-state index is 11.7. The second-order valence-corrected chi connectivity index (χ2v) is 4.26. The summed E-state index contributed by atoms with van der Waals surface area (Å²) in [5.74, 6) is 1.05. The fourth-order valence-electron chi connectivity index (χ4n) is 1.74. The van der Waals surface area contributed by atoms with Gasteiger partial charge in [0.1, 0.15) is 6.33 Å². The van der Waals surface area contributed by atoms with Gasteiger partial charge in [-0.05, 0) is 0 Å². The number of hydrogen-bond acceptors (Lipinski definition) is 6. The molecule has 0 unspecified atom stereocenters. The van der Waals surface area contributed by atoms with E-state index in [0.717, 1.165) is 5.56 Å². The van der Waals surface area contributed by atoms with Gasteiger partial charge in [0.15, 0.2) is 0 Å². The topological polar surface area (TPSA) is 110 Å². The minimum atomic E-state index is -0.203. The Bertz CT molecular complexity index is 707. The van der Waals surface area contributed by atoms with E-state index in [4.69, 9.17) is 4.52 Å². The molecule has 0 saturated carbocycles. The summed E-state index contributed by atoms with van der Waals surface area (Å²) >= 11 is 0. The summed E-state index contributed by atoms with van der Waals surface area (Å²) in [7, 11) is 0. The van der Waals surface area contributed by atoms with Gasteiger partial charge in [0.05, 0.1) is 0 Å². The van der Waals surface area contributed by atoms with Crippen LogP contribution in [0.3, 0.4) is 0 Å². The first-order valence-corrected chi connectivity index (χ1v) is 6.34. The highest BCUT2D eigenvalue weighted by molar-refractivity contribution is 5.88. The van der Waals surface area contributed by atoms with Crippen LogP contribution >= 0.6 is 0 Å². The molecule has 0 saturated heterocycles. The lowest BCUT2D eigenvalue weighted by molar-refractivity contribution is -0.116. The lowest BCUT2D eigenvalue weighted by Crippen LogP contribution is -2.13. The van der Waals surface area contributed by atoms with E-state index in [2.05, 4.69) is 30.6 Å². The summed E-state index contributed by atoms with van der Waals surface area (Å²) in [5, 5.41) is 12.7. The van der Waals surface area contributed by atoms with Crippen LogP contribution in [0.25, 0.3) is 11.4 Å². The molecule has 2 heterocycles. The first-order chi connectivity index (χ1) is 10.3. The van der Waals surface area contributed by atoms with Crippen molar-refractivity contribution in [2.75, 3.05) is 5.32 Å². The molecule has 3 aromatic rings. The molecule has 3 rings (SSSR count). The molecule has 0 bridgehead atoms. The summed E-state index contributed by atoms with van der Waals surface area (Å²) < 4.78 is 5.13. The highest BCUT2D eigenvalue weighted by Crippen LogP contribution is 2.15. The van der Waals surface area contributed by atoms with Crippen LogP contribution in [0.4, 0.5) is 5.95 Å². The number of hydrogen-bond donors (Lipinski definition) is 2. The molecule has 2 aromatic heterocycles. The highest BCUT2D eigenvalue weighted by atomic mass is 16.5. The molecule has 106 valence electrons. The summed E-state index contributed by atoms with van der Waals surface area (Å²) in [4.78, 5) is 19.7. The monoisotopic (exact) mass is 284 g/mol. The minimum Gasteiger partial charge on any atom is -0.339 e. The number of rotatable bonds is 5. The van der Waals surface area contributed by atoms with Crippen LogP contribution in [0.2, 0.25) is 0 Å². The van der Waals surface area contributed by atoms with Crippen LogP contribution in [0.1, 0.15) is 12.3 Å². The summed E-state index contributed by atoms with van der Waals surface area (Å²) in [6.45, 7) is 0. The zero-order chi connectivity index (χ0) is 14.5. The molecule has 21 heavy (non-hydrogen) atoms. The molecule has 8 heteroatoms. The average Bonchev–Trinajstić information content (AvgIpc) is 3.17. The third-order valence-corrected chi connectivity index (χ3v) is 2.74. The van der Waals surface area contributed by atoms with Crippen LogP contribution < -0.4 is 5.32 Å². The molecule has 0 aliphatic rings. The number of benzene rings is 1. The summed E-state index contributed by atoms with van der Waals surface area (Å²) in [5.41, 5.74) is 0.874. The molecule has 0 atom stereocenters. The van der Waals surface area contributed by atoms with E-state index in [-0.39, 0.29) is 12.3 Å². The van der Waals surface area contributed by atoms with E-state index in [0.29, 0.717) is 24.1 Å². The Morgan fingerprint density at radius 3 is 2.90 bits per heavy atom. The number of aromatic amines is 1. The van der Waals surface area contributed by atoms with Crippen molar-refractivity contribution >= 4 is 11.9 Å². The molecule has 2 N–H and O–H groups in total. The SMILES string of the molecule is O=C(CCc1nc(-c2ccccc2)no1)Nc1ncn[nH]1. The van der Waals surface area contributed by atoms with E-state index >= 15 is 0 Å². The van der Waals surface area contributed by atoms with E-state index in [1.807, 2.05) is 30.3 Å². The van der Waals surface area contributed by atoms with Gasteiger partial charge >= 0.3 is 0 Å². The maximum absolute atomic E-state index is 11.7. The molecule has 0 fully saturated rings. The van der Waals surface area contributed by atoms with E-state index in [1.54, 1.807) is 0 Å². The molecule has 8 nitrogen and oxygen atoms in total. The molecule has 0 spiro atoms. The Labute approximate surface area is 119 Å².